The maximum Gasteiger partial charge on any atom is 0.313 e. The van der Waals surface area contributed by atoms with Crippen molar-refractivity contribution in [2.45, 2.75) is 11.8 Å². The third-order valence-corrected chi connectivity index (χ3v) is 4.10. The van der Waals surface area contributed by atoms with E-state index in [4.69, 9.17) is 9.84 Å². The number of carbonyl (C=O) groups is 1. The number of para-hydroxylation sites is 1. The molecule has 0 unspecified atom stereocenters. The minimum atomic E-state index is -0.885. The smallest absolute Gasteiger partial charge is 0.313 e. The van der Waals surface area contributed by atoms with Gasteiger partial charge in [-0.05, 0) is 28.1 Å². The van der Waals surface area contributed by atoms with Crippen LogP contribution in [0.4, 0.5) is 0 Å². The van der Waals surface area contributed by atoms with E-state index in [2.05, 4.69) is 26.1 Å². The molecule has 0 saturated carbocycles. The standard InChI is InChI=1S/C12H12BrN3O3S/c1-16-10(14-15-12(16)20-7-11(17)18)6-19-9-5-3-2-4-8(9)13/h2-5H,6-7H2,1H3,(H,17,18). The Hall–Kier alpha value is -1.54. The molecule has 0 aliphatic rings. The maximum absolute atomic E-state index is 10.5. The Bertz CT molecular complexity index is 618. The normalized spacial score (nSPS) is 10.5. The lowest BCUT2D eigenvalue weighted by Gasteiger charge is -2.07. The van der Waals surface area contributed by atoms with Gasteiger partial charge in [-0.25, -0.2) is 0 Å². The van der Waals surface area contributed by atoms with Crippen LogP contribution < -0.4 is 4.74 Å². The summed E-state index contributed by atoms with van der Waals surface area (Å²) in [5.74, 6) is 0.421. The van der Waals surface area contributed by atoms with Gasteiger partial charge in [0.15, 0.2) is 11.0 Å². The SMILES string of the molecule is Cn1c(COc2ccccc2Br)nnc1SCC(=O)O. The molecule has 0 fully saturated rings. The number of aromatic nitrogens is 3. The summed E-state index contributed by atoms with van der Waals surface area (Å²) in [6, 6.07) is 7.52. The van der Waals surface area contributed by atoms with E-state index in [-0.39, 0.29) is 12.4 Å². The molecule has 1 aromatic heterocycles. The highest BCUT2D eigenvalue weighted by atomic mass is 79.9. The summed E-state index contributed by atoms with van der Waals surface area (Å²) >= 11 is 4.52. The van der Waals surface area contributed by atoms with E-state index in [0.29, 0.717) is 11.0 Å². The third kappa shape index (κ3) is 3.73. The molecule has 2 aromatic rings. The number of thioether (sulfide) groups is 1. The van der Waals surface area contributed by atoms with Crippen LogP contribution in [0.1, 0.15) is 5.82 Å². The van der Waals surface area contributed by atoms with E-state index >= 15 is 0 Å². The second kappa shape index (κ2) is 6.76. The highest BCUT2D eigenvalue weighted by molar-refractivity contribution is 9.10. The van der Waals surface area contributed by atoms with Crippen molar-refractivity contribution >= 4 is 33.7 Å². The molecule has 0 atom stereocenters. The van der Waals surface area contributed by atoms with Gasteiger partial charge in [-0.1, -0.05) is 23.9 Å². The number of hydrogen-bond donors (Lipinski definition) is 1. The Morgan fingerprint density at radius 3 is 2.90 bits per heavy atom. The zero-order valence-electron chi connectivity index (χ0n) is 10.6. The molecular weight excluding hydrogens is 346 g/mol. The van der Waals surface area contributed by atoms with Crippen molar-refractivity contribution in [3.63, 3.8) is 0 Å². The van der Waals surface area contributed by atoms with Gasteiger partial charge in [-0.2, -0.15) is 0 Å². The van der Waals surface area contributed by atoms with Gasteiger partial charge < -0.3 is 14.4 Å². The minimum absolute atomic E-state index is 0.0446. The number of benzene rings is 1. The molecule has 0 saturated heterocycles. The quantitative estimate of drug-likeness (QED) is 0.799. The van der Waals surface area contributed by atoms with Crippen molar-refractivity contribution in [1.82, 2.24) is 14.8 Å². The molecule has 20 heavy (non-hydrogen) atoms. The van der Waals surface area contributed by atoms with Gasteiger partial charge >= 0.3 is 5.97 Å². The molecule has 0 aliphatic heterocycles. The average molecular weight is 358 g/mol. The number of hydrogen-bond acceptors (Lipinski definition) is 5. The van der Waals surface area contributed by atoms with Gasteiger partial charge in [0.2, 0.25) is 0 Å². The van der Waals surface area contributed by atoms with Crippen LogP contribution in [-0.2, 0) is 18.4 Å². The molecule has 8 heteroatoms. The molecule has 0 spiro atoms. The number of carboxylic acids is 1. The van der Waals surface area contributed by atoms with Gasteiger partial charge in [0, 0.05) is 7.05 Å². The summed E-state index contributed by atoms with van der Waals surface area (Å²) in [6.07, 6.45) is 0. The van der Waals surface area contributed by atoms with Crippen molar-refractivity contribution in [1.29, 1.82) is 0 Å². The molecule has 2 rings (SSSR count). The predicted octanol–water partition coefficient (Wildman–Crippen LogP) is 2.33. The van der Waals surface area contributed by atoms with E-state index in [1.165, 1.54) is 0 Å². The van der Waals surface area contributed by atoms with E-state index in [9.17, 15) is 4.79 Å². The number of halogens is 1. The van der Waals surface area contributed by atoms with Crippen LogP contribution in [0.3, 0.4) is 0 Å². The van der Waals surface area contributed by atoms with Crippen molar-refractivity contribution in [2.24, 2.45) is 7.05 Å². The lowest BCUT2D eigenvalue weighted by atomic mass is 10.3. The van der Waals surface area contributed by atoms with Gasteiger partial charge in [0.05, 0.1) is 10.2 Å². The van der Waals surface area contributed by atoms with Crippen molar-refractivity contribution in [2.75, 3.05) is 5.75 Å². The van der Waals surface area contributed by atoms with Crippen molar-refractivity contribution in [3.8, 4) is 5.75 Å². The Labute approximate surface area is 128 Å². The van der Waals surface area contributed by atoms with Crippen LogP contribution in [0.15, 0.2) is 33.9 Å². The number of aliphatic carboxylic acids is 1. The van der Waals surface area contributed by atoms with E-state index in [0.717, 1.165) is 22.0 Å². The highest BCUT2D eigenvalue weighted by Crippen LogP contribution is 2.24. The Balaban J connectivity index is 2.00. The first-order chi connectivity index (χ1) is 9.58. The second-order valence-electron chi connectivity index (χ2n) is 3.86. The van der Waals surface area contributed by atoms with Gasteiger partial charge in [-0.3, -0.25) is 4.79 Å². The largest absolute Gasteiger partial charge is 0.484 e. The molecule has 0 radical (unpaired) electrons. The van der Waals surface area contributed by atoms with Crippen LogP contribution in [0.5, 0.6) is 5.75 Å². The van der Waals surface area contributed by atoms with Crippen molar-refractivity contribution < 1.29 is 14.6 Å². The van der Waals surface area contributed by atoms with Crippen LogP contribution in [0.2, 0.25) is 0 Å². The molecule has 1 aromatic carbocycles. The van der Waals surface area contributed by atoms with Crippen LogP contribution in [0, 0.1) is 0 Å². The fraction of sp³-hybridized carbons (Fsp3) is 0.250. The number of carboxylic acid groups (broad SMARTS) is 1. The molecule has 106 valence electrons. The molecule has 0 aliphatic carbocycles. The summed E-state index contributed by atoms with van der Waals surface area (Å²) in [5, 5.41) is 17.1. The zero-order valence-corrected chi connectivity index (χ0v) is 13.0. The Morgan fingerprint density at radius 2 is 2.20 bits per heavy atom. The number of nitrogens with zero attached hydrogens (tertiary/aromatic N) is 3. The minimum Gasteiger partial charge on any atom is -0.484 e. The van der Waals surface area contributed by atoms with E-state index in [1.807, 2.05) is 24.3 Å². The van der Waals surface area contributed by atoms with Crippen LogP contribution in [0.25, 0.3) is 0 Å². The summed E-state index contributed by atoms with van der Waals surface area (Å²) in [4.78, 5) is 10.5. The van der Waals surface area contributed by atoms with Gasteiger partial charge in [-0.15, -0.1) is 10.2 Å². The molecule has 0 bridgehead atoms. The van der Waals surface area contributed by atoms with Crippen LogP contribution >= 0.6 is 27.7 Å². The second-order valence-corrected chi connectivity index (χ2v) is 5.66. The zero-order chi connectivity index (χ0) is 14.5. The summed E-state index contributed by atoms with van der Waals surface area (Å²) in [6.45, 7) is 0.264. The molecule has 1 N–H and O–H groups in total. The summed E-state index contributed by atoms with van der Waals surface area (Å²) < 4.78 is 8.24. The first-order valence-corrected chi connectivity index (χ1v) is 7.46. The first kappa shape index (κ1) is 14.9. The van der Waals surface area contributed by atoms with E-state index in [1.54, 1.807) is 11.6 Å². The van der Waals surface area contributed by atoms with E-state index < -0.39 is 5.97 Å². The Kier molecular flexibility index (Phi) is 5.02. The summed E-state index contributed by atoms with van der Waals surface area (Å²) in [5.41, 5.74) is 0. The molecular formula is C12H12BrN3O3S. The maximum atomic E-state index is 10.5. The van der Waals surface area contributed by atoms with Crippen molar-refractivity contribution in [3.05, 3.63) is 34.6 Å². The lowest BCUT2D eigenvalue weighted by molar-refractivity contribution is -0.133. The van der Waals surface area contributed by atoms with Crippen LogP contribution in [-0.4, -0.2) is 31.6 Å². The van der Waals surface area contributed by atoms with Gasteiger partial charge in [0.25, 0.3) is 0 Å². The fourth-order valence-corrected chi connectivity index (χ4v) is 2.48. The molecule has 0 amide bonds. The highest BCUT2D eigenvalue weighted by Gasteiger charge is 2.11. The molecule has 1 heterocycles. The monoisotopic (exact) mass is 357 g/mol. The summed E-state index contributed by atoms with van der Waals surface area (Å²) in [7, 11) is 1.78. The topological polar surface area (TPSA) is 77.2 Å². The average Bonchev–Trinajstić information content (AvgIpc) is 2.76. The number of rotatable bonds is 6. The lowest BCUT2D eigenvalue weighted by Crippen LogP contribution is -2.05. The van der Waals surface area contributed by atoms with Gasteiger partial charge in [0.1, 0.15) is 12.4 Å². The third-order valence-electron chi connectivity index (χ3n) is 2.44. The number of ether oxygens (including phenoxy) is 1. The fourth-order valence-electron chi connectivity index (χ4n) is 1.43. The first-order valence-electron chi connectivity index (χ1n) is 5.68. The Morgan fingerprint density at radius 1 is 1.45 bits per heavy atom. The molecule has 6 nitrogen and oxygen atoms in total. The predicted molar refractivity (Wildman–Crippen MR) is 77.8 cm³/mol.